The van der Waals surface area contributed by atoms with Crippen molar-refractivity contribution in [2.24, 2.45) is 0 Å². The van der Waals surface area contributed by atoms with Crippen LogP contribution in [0.2, 0.25) is 0 Å². The molecule has 82 valence electrons. The molecular formula is C11H23N3. The average molecular weight is 197 g/mol. The summed E-state index contributed by atoms with van der Waals surface area (Å²) in [4.78, 5) is 4.99. The summed E-state index contributed by atoms with van der Waals surface area (Å²) in [6, 6.07) is 0.752. The molecular weight excluding hydrogens is 174 g/mol. The van der Waals surface area contributed by atoms with E-state index in [1.807, 2.05) is 0 Å². The second-order valence-corrected chi connectivity index (χ2v) is 4.75. The Kier molecular flexibility index (Phi) is 3.79. The van der Waals surface area contributed by atoms with Crippen molar-refractivity contribution in [2.75, 3.05) is 46.3 Å². The molecule has 1 N–H and O–H groups in total. The SMILES string of the molecule is CN1CCC(NCCN2CCCC2)C1. The predicted octanol–water partition coefficient (Wildman–Crippen LogP) is 0.376. The normalized spacial score (nSPS) is 30.2. The molecule has 2 heterocycles. The molecule has 2 rings (SSSR count). The number of nitrogens with one attached hydrogen (secondary N) is 1. The summed E-state index contributed by atoms with van der Waals surface area (Å²) >= 11 is 0. The van der Waals surface area contributed by atoms with Gasteiger partial charge in [-0.2, -0.15) is 0 Å². The molecule has 0 spiro atoms. The van der Waals surface area contributed by atoms with Crippen LogP contribution in [-0.2, 0) is 0 Å². The monoisotopic (exact) mass is 197 g/mol. The van der Waals surface area contributed by atoms with Crippen molar-refractivity contribution in [2.45, 2.75) is 25.3 Å². The lowest BCUT2D eigenvalue weighted by molar-refractivity contribution is 0.324. The van der Waals surface area contributed by atoms with E-state index in [1.54, 1.807) is 0 Å². The van der Waals surface area contributed by atoms with Crippen LogP contribution in [0.1, 0.15) is 19.3 Å². The van der Waals surface area contributed by atoms with Crippen LogP contribution in [0.25, 0.3) is 0 Å². The third-order valence-electron chi connectivity index (χ3n) is 3.45. The Morgan fingerprint density at radius 1 is 1.21 bits per heavy atom. The van der Waals surface area contributed by atoms with E-state index in [0.29, 0.717) is 0 Å². The molecule has 0 aromatic heterocycles. The summed E-state index contributed by atoms with van der Waals surface area (Å²) in [5.74, 6) is 0. The van der Waals surface area contributed by atoms with E-state index >= 15 is 0 Å². The van der Waals surface area contributed by atoms with Crippen LogP contribution in [0.5, 0.6) is 0 Å². The highest BCUT2D eigenvalue weighted by molar-refractivity contribution is 4.79. The van der Waals surface area contributed by atoms with E-state index in [0.717, 1.165) is 6.04 Å². The average Bonchev–Trinajstić information content (AvgIpc) is 2.77. The van der Waals surface area contributed by atoms with Gasteiger partial charge in [0.15, 0.2) is 0 Å². The molecule has 3 nitrogen and oxygen atoms in total. The van der Waals surface area contributed by atoms with Crippen molar-refractivity contribution in [1.82, 2.24) is 15.1 Å². The molecule has 1 unspecified atom stereocenters. The van der Waals surface area contributed by atoms with Crippen LogP contribution >= 0.6 is 0 Å². The van der Waals surface area contributed by atoms with Gasteiger partial charge in [0.1, 0.15) is 0 Å². The summed E-state index contributed by atoms with van der Waals surface area (Å²) < 4.78 is 0. The second kappa shape index (κ2) is 5.10. The Bertz CT molecular complexity index is 166. The fourth-order valence-corrected chi connectivity index (χ4v) is 2.53. The first-order chi connectivity index (χ1) is 6.84. The number of likely N-dealkylation sites (tertiary alicyclic amines) is 2. The molecule has 2 aliphatic rings. The van der Waals surface area contributed by atoms with Gasteiger partial charge in [0.25, 0.3) is 0 Å². The van der Waals surface area contributed by atoms with Crippen LogP contribution in [0.15, 0.2) is 0 Å². The van der Waals surface area contributed by atoms with Crippen LogP contribution in [-0.4, -0.2) is 62.2 Å². The Labute approximate surface area is 87.4 Å². The highest BCUT2D eigenvalue weighted by atomic mass is 15.2. The molecule has 0 aromatic rings. The van der Waals surface area contributed by atoms with Crippen LogP contribution in [0, 0.1) is 0 Å². The Morgan fingerprint density at radius 2 is 2.00 bits per heavy atom. The summed E-state index contributed by atoms with van der Waals surface area (Å²) in [5.41, 5.74) is 0. The third-order valence-corrected chi connectivity index (χ3v) is 3.45. The first-order valence-electron chi connectivity index (χ1n) is 5.99. The lowest BCUT2D eigenvalue weighted by Gasteiger charge is -2.17. The van der Waals surface area contributed by atoms with E-state index in [2.05, 4.69) is 22.2 Å². The minimum Gasteiger partial charge on any atom is -0.311 e. The molecule has 2 fully saturated rings. The van der Waals surface area contributed by atoms with E-state index in [4.69, 9.17) is 0 Å². The minimum absolute atomic E-state index is 0.752. The molecule has 0 amide bonds. The van der Waals surface area contributed by atoms with Crippen molar-refractivity contribution in [3.63, 3.8) is 0 Å². The zero-order valence-corrected chi connectivity index (χ0v) is 9.34. The van der Waals surface area contributed by atoms with Gasteiger partial charge in [-0.3, -0.25) is 0 Å². The van der Waals surface area contributed by atoms with Gasteiger partial charge in [0, 0.05) is 25.7 Å². The van der Waals surface area contributed by atoms with Gasteiger partial charge in [0.2, 0.25) is 0 Å². The maximum atomic E-state index is 3.66. The summed E-state index contributed by atoms with van der Waals surface area (Å²) in [5, 5.41) is 3.66. The molecule has 0 aliphatic carbocycles. The van der Waals surface area contributed by atoms with Crippen LogP contribution in [0.4, 0.5) is 0 Å². The lowest BCUT2D eigenvalue weighted by Crippen LogP contribution is -2.37. The predicted molar refractivity (Wildman–Crippen MR) is 59.6 cm³/mol. The number of hydrogen-bond acceptors (Lipinski definition) is 3. The molecule has 2 aliphatic heterocycles. The standard InChI is InChI=1S/C11H23N3/c1-13-8-4-11(10-13)12-5-9-14-6-2-3-7-14/h11-12H,2-10H2,1H3. The minimum atomic E-state index is 0.752. The number of hydrogen-bond donors (Lipinski definition) is 1. The summed E-state index contributed by atoms with van der Waals surface area (Å²) in [6.45, 7) is 7.58. The molecule has 0 saturated carbocycles. The molecule has 0 bridgehead atoms. The van der Waals surface area contributed by atoms with E-state index in [9.17, 15) is 0 Å². The highest BCUT2D eigenvalue weighted by Gasteiger charge is 2.18. The Hall–Kier alpha value is -0.120. The van der Waals surface area contributed by atoms with Crippen molar-refractivity contribution in [3.8, 4) is 0 Å². The Balaban J connectivity index is 1.54. The first kappa shape index (κ1) is 10.4. The van der Waals surface area contributed by atoms with Gasteiger partial charge >= 0.3 is 0 Å². The smallest absolute Gasteiger partial charge is 0.0207 e. The van der Waals surface area contributed by atoms with Crippen molar-refractivity contribution < 1.29 is 0 Å². The van der Waals surface area contributed by atoms with Crippen molar-refractivity contribution >= 4 is 0 Å². The van der Waals surface area contributed by atoms with Gasteiger partial charge in [-0.1, -0.05) is 0 Å². The highest BCUT2D eigenvalue weighted by Crippen LogP contribution is 2.07. The topological polar surface area (TPSA) is 18.5 Å². The number of nitrogens with zero attached hydrogens (tertiary/aromatic N) is 2. The Morgan fingerprint density at radius 3 is 2.64 bits per heavy atom. The second-order valence-electron chi connectivity index (χ2n) is 4.75. The fourth-order valence-electron chi connectivity index (χ4n) is 2.53. The van der Waals surface area contributed by atoms with Gasteiger partial charge in [-0.15, -0.1) is 0 Å². The van der Waals surface area contributed by atoms with Gasteiger partial charge in [0.05, 0.1) is 0 Å². The maximum Gasteiger partial charge on any atom is 0.0207 e. The van der Waals surface area contributed by atoms with Crippen LogP contribution in [0.3, 0.4) is 0 Å². The molecule has 14 heavy (non-hydrogen) atoms. The van der Waals surface area contributed by atoms with Crippen molar-refractivity contribution in [1.29, 1.82) is 0 Å². The zero-order chi connectivity index (χ0) is 9.80. The summed E-state index contributed by atoms with van der Waals surface area (Å²) in [7, 11) is 2.21. The zero-order valence-electron chi connectivity index (χ0n) is 9.34. The van der Waals surface area contributed by atoms with E-state index in [-0.39, 0.29) is 0 Å². The molecule has 0 radical (unpaired) electrons. The van der Waals surface area contributed by atoms with E-state index in [1.165, 1.54) is 58.5 Å². The molecule has 0 aromatic carbocycles. The largest absolute Gasteiger partial charge is 0.311 e. The van der Waals surface area contributed by atoms with E-state index < -0.39 is 0 Å². The van der Waals surface area contributed by atoms with Crippen LogP contribution < -0.4 is 5.32 Å². The number of rotatable bonds is 4. The summed E-state index contributed by atoms with van der Waals surface area (Å²) in [6.07, 6.45) is 4.15. The molecule has 1 atom stereocenters. The third kappa shape index (κ3) is 2.94. The quantitative estimate of drug-likeness (QED) is 0.703. The first-order valence-corrected chi connectivity index (χ1v) is 5.99. The van der Waals surface area contributed by atoms with Crippen molar-refractivity contribution in [3.05, 3.63) is 0 Å². The maximum absolute atomic E-state index is 3.66. The van der Waals surface area contributed by atoms with Gasteiger partial charge < -0.3 is 15.1 Å². The van der Waals surface area contributed by atoms with Gasteiger partial charge in [-0.25, -0.2) is 0 Å². The molecule has 2 saturated heterocycles. The lowest BCUT2D eigenvalue weighted by atomic mass is 10.2. The fraction of sp³-hybridized carbons (Fsp3) is 1.00. The molecule has 3 heteroatoms. The van der Waals surface area contributed by atoms with Gasteiger partial charge in [-0.05, 0) is 45.9 Å². The number of likely N-dealkylation sites (N-methyl/N-ethyl adjacent to an activating group) is 1.